The van der Waals surface area contributed by atoms with E-state index in [1.165, 1.54) is 30.9 Å². The Labute approximate surface area is 271 Å². The fourth-order valence-electron chi connectivity index (χ4n) is 7.48. The Balaban J connectivity index is 1.25. The average molecular weight is 618 g/mol. The van der Waals surface area contributed by atoms with Crippen molar-refractivity contribution in [3.8, 4) is 17.2 Å². The Kier molecular flexibility index (Phi) is 4.96. The molecule has 0 fully saturated rings. The first-order valence-corrected chi connectivity index (χ1v) is 16.6. The molecule has 0 saturated carbocycles. The van der Waals surface area contributed by atoms with Crippen LogP contribution in [0.25, 0.3) is 103 Å². The van der Waals surface area contributed by atoms with Gasteiger partial charge in [-0.1, -0.05) is 91.0 Å². The summed E-state index contributed by atoms with van der Waals surface area (Å²) in [5.74, 6) is 0.641. The highest BCUT2D eigenvalue weighted by molar-refractivity contribution is 7.26. The van der Waals surface area contributed by atoms with Crippen LogP contribution in [0.5, 0.6) is 0 Å². The van der Waals surface area contributed by atoms with Gasteiger partial charge in [-0.25, -0.2) is 9.97 Å². The molecule has 0 saturated heterocycles. The topological polar surface area (TPSA) is 43.9 Å². The number of furan rings is 1. The zero-order valence-electron chi connectivity index (χ0n) is 24.9. The van der Waals surface area contributed by atoms with Crippen LogP contribution in [0.15, 0.2) is 144 Å². The Morgan fingerprint density at radius 1 is 0.489 bits per heavy atom. The van der Waals surface area contributed by atoms with Gasteiger partial charge in [0.2, 0.25) is 5.95 Å². The SMILES string of the molecule is c1ccc2cc3c(cc2c1)sc1cccc(-c2nc(-n4c5ccccc5c5cc6c(cc54)oc4ccccc46)nc4ccccc24)c13. The normalized spacial score (nSPS) is 12.3. The van der Waals surface area contributed by atoms with Crippen molar-refractivity contribution in [2.24, 2.45) is 0 Å². The smallest absolute Gasteiger partial charge is 0.235 e. The summed E-state index contributed by atoms with van der Waals surface area (Å²) in [6.45, 7) is 0. The largest absolute Gasteiger partial charge is 0.456 e. The number of para-hydroxylation sites is 3. The molecule has 4 heterocycles. The summed E-state index contributed by atoms with van der Waals surface area (Å²) >= 11 is 1.84. The Morgan fingerprint density at radius 3 is 2.17 bits per heavy atom. The number of rotatable bonds is 2. The van der Waals surface area contributed by atoms with Gasteiger partial charge in [-0.2, -0.15) is 0 Å². The van der Waals surface area contributed by atoms with Gasteiger partial charge in [0, 0.05) is 58.7 Å². The van der Waals surface area contributed by atoms with Crippen molar-refractivity contribution >= 4 is 96.9 Å². The van der Waals surface area contributed by atoms with E-state index in [0.29, 0.717) is 5.95 Å². The van der Waals surface area contributed by atoms with E-state index >= 15 is 0 Å². The van der Waals surface area contributed by atoms with Gasteiger partial charge in [0.05, 0.1) is 22.2 Å². The first-order chi connectivity index (χ1) is 23.3. The lowest BCUT2D eigenvalue weighted by molar-refractivity contribution is 0.669. The van der Waals surface area contributed by atoms with Crippen LogP contribution < -0.4 is 0 Å². The molecule has 11 aromatic rings. The van der Waals surface area contributed by atoms with Crippen LogP contribution in [0.2, 0.25) is 0 Å². The van der Waals surface area contributed by atoms with Crippen LogP contribution in [0.1, 0.15) is 0 Å². The van der Waals surface area contributed by atoms with Crippen LogP contribution in [0.4, 0.5) is 0 Å². The minimum atomic E-state index is 0.641. The van der Waals surface area contributed by atoms with Crippen LogP contribution in [0.3, 0.4) is 0 Å². The molecule has 0 bridgehead atoms. The van der Waals surface area contributed by atoms with Crippen molar-refractivity contribution in [3.05, 3.63) is 140 Å². The molecule has 218 valence electrons. The standard InChI is InChI=1S/C42H23N3OS/c1-2-11-25-21-39-32(20-24(25)10-1)40-29(15-9-19-38(40)47-39)41-28-14-3-6-16-33(28)43-42(44-41)45-34-17-7-4-12-26(34)30-22-31-27-13-5-8-18-36(27)46-37(31)23-35(30)45/h1-23H. The summed E-state index contributed by atoms with van der Waals surface area (Å²) in [6.07, 6.45) is 0. The molecule has 0 unspecified atom stereocenters. The number of hydrogen-bond acceptors (Lipinski definition) is 4. The van der Waals surface area contributed by atoms with Gasteiger partial charge in [-0.15, -0.1) is 11.3 Å². The highest BCUT2D eigenvalue weighted by Gasteiger charge is 2.21. The van der Waals surface area contributed by atoms with E-state index in [1.807, 2.05) is 23.5 Å². The molecule has 4 aromatic heterocycles. The van der Waals surface area contributed by atoms with Crippen molar-refractivity contribution in [2.45, 2.75) is 0 Å². The Morgan fingerprint density at radius 2 is 1.26 bits per heavy atom. The second-order valence-electron chi connectivity index (χ2n) is 12.2. The Bertz CT molecular complexity index is 3090. The molecule has 0 aliphatic heterocycles. The first-order valence-electron chi connectivity index (χ1n) is 15.7. The molecular weight excluding hydrogens is 595 g/mol. The zero-order chi connectivity index (χ0) is 30.6. The third kappa shape index (κ3) is 3.52. The maximum Gasteiger partial charge on any atom is 0.235 e. The molecule has 47 heavy (non-hydrogen) atoms. The highest BCUT2D eigenvalue weighted by atomic mass is 32.1. The summed E-state index contributed by atoms with van der Waals surface area (Å²) in [5, 5.41) is 10.6. The van der Waals surface area contributed by atoms with Crippen molar-refractivity contribution in [3.63, 3.8) is 0 Å². The van der Waals surface area contributed by atoms with Crippen molar-refractivity contribution < 1.29 is 4.42 Å². The number of thiophene rings is 1. The molecule has 0 aliphatic carbocycles. The van der Waals surface area contributed by atoms with Gasteiger partial charge in [-0.05, 0) is 53.2 Å². The predicted octanol–water partition coefficient (Wildman–Crippen LogP) is 11.8. The maximum atomic E-state index is 6.37. The first kappa shape index (κ1) is 25.2. The number of aromatic nitrogens is 3. The molecule has 5 heteroatoms. The molecule has 11 rings (SSSR count). The molecule has 0 N–H and O–H groups in total. The second kappa shape index (κ2) is 9.25. The third-order valence-electron chi connectivity index (χ3n) is 9.58. The van der Waals surface area contributed by atoms with Gasteiger partial charge in [0.15, 0.2) is 0 Å². The van der Waals surface area contributed by atoms with Crippen LogP contribution in [0, 0.1) is 0 Å². The highest BCUT2D eigenvalue weighted by Crippen LogP contribution is 2.43. The molecule has 7 aromatic carbocycles. The summed E-state index contributed by atoms with van der Waals surface area (Å²) in [7, 11) is 0. The van der Waals surface area contributed by atoms with E-state index < -0.39 is 0 Å². The number of hydrogen-bond donors (Lipinski definition) is 0. The quantitative estimate of drug-likeness (QED) is 0.194. The van der Waals surface area contributed by atoms with E-state index in [0.717, 1.165) is 65.9 Å². The number of benzene rings is 7. The monoisotopic (exact) mass is 617 g/mol. The average Bonchev–Trinajstić information content (AvgIpc) is 3.78. The van der Waals surface area contributed by atoms with E-state index in [9.17, 15) is 0 Å². The molecule has 0 spiro atoms. The lowest BCUT2D eigenvalue weighted by Crippen LogP contribution is -2.03. The van der Waals surface area contributed by atoms with Crippen LogP contribution in [-0.4, -0.2) is 14.5 Å². The van der Waals surface area contributed by atoms with Crippen molar-refractivity contribution in [1.29, 1.82) is 0 Å². The van der Waals surface area contributed by atoms with Crippen LogP contribution >= 0.6 is 11.3 Å². The summed E-state index contributed by atoms with van der Waals surface area (Å²) in [4.78, 5) is 10.7. The fourth-order valence-corrected chi connectivity index (χ4v) is 8.64. The summed E-state index contributed by atoms with van der Waals surface area (Å²) < 4.78 is 11.1. The van der Waals surface area contributed by atoms with Gasteiger partial charge in [0.1, 0.15) is 11.2 Å². The fraction of sp³-hybridized carbons (Fsp3) is 0. The van der Waals surface area contributed by atoms with Crippen molar-refractivity contribution in [2.75, 3.05) is 0 Å². The molecule has 4 nitrogen and oxygen atoms in total. The molecule has 0 radical (unpaired) electrons. The molecular formula is C42H23N3OS. The summed E-state index contributed by atoms with van der Waals surface area (Å²) in [6, 6.07) is 49.4. The van der Waals surface area contributed by atoms with Crippen LogP contribution in [-0.2, 0) is 0 Å². The molecule has 0 aliphatic rings. The van der Waals surface area contributed by atoms with Gasteiger partial charge < -0.3 is 4.42 Å². The molecule has 0 atom stereocenters. The third-order valence-corrected chi connectivity index (χ3v) is 10.7. The van der Waals surface area contributed by atoms with Crippen molar-refractivity contribution in [1.82, 2.24) is 14.5 Å². The summed E-state index contributed by atoms with van der Waals surface area (Å²) in [5.41, 5.74) is 6.77. The number of nitrogens with zero attached hydrogens (tertiary/aromatic N) is 3. The van der Waals surface area contributed by atoms with Gasteiger partial charge in [-0.3, -0.25) is 4.57 Å². The number of fused-ring (bicyclic) bond motifs is 11. The lowest BCUT2D eigenvalue weighted by atomic mass is 9.99. The van der Waals surface area contributed by atoms with Gasteiger partial charge in [0.25, 0.3) is 0 Å². The lowest BCUT2D eigenvalue weighted by Gasteiger charge is -2.13. The zero-order valence-corrected chi connectivity index (χ0v) is 25.8. The van der Waals surface area contributed by atoms with E-state index in [-0.39, 0.29) is 0 Å². The molecule has 0 amide bonds. The minimum absolute atomic E-state index is 0.641. The van der Waals surface area contributed by atoms with Gasteiger partial charge >= 0.3 is 0 Å². The predicted molar refractivity (Wildman–Crippen MR) is 197 cm³/mol. The van der Waals surface area contributed by atoms with E-state index in [1.54, 1.807) is 0 Å². The minimum Gasteiger partial charge on any atom is -0.456 e. The second-order valence-corrected chi connectivity index (χ2v) is 13.3. The Hall–Kier alpha value is -6.04. The maximum absolute atomic E-state index is 6.37. The van der Waals surface area contributed by atoms with E-state index in [4.69, 9.17) is 14.4 Å². The van der Waals surface area contributed by atoms with E-state index in [2.05, 4.69) is 132 Å².